The molecule has 0 radical (unpaired) electrons. The van der Waals surface area contributed by atoms with Crippen molar-refractivity contribution in [1.29, 1.82) is 5.26 Å². The van der Waals surface area contributed by atoms with Gasteiger partial charge in [0.1, 0.15) is 0 Å². The standard InChI is InChI=1S/C13H15F4NOSi/c1-20(2,6-4-3-5-18)19-8-9-7-10(14)12(16)13(17)11(9)15/h7H,3-4,6,8H2,1-2H3. The summed E-state index contributed by atoms with van der Waals surface area (Å²) < 4.78 is 57.8. The molecule has 0 atom stereocenters. The Hall–Kier alpha value is -1.39. The molecular weight excluding hydrogens is 290 g/mol. The number of unbranched alkanes of at least 4 members (excludes halogenated alkanes) is 1. The molecular formula is C13H15F4NOSi. The van der Waals surface area contributed by atoms with Crippen LogP contribution >= 0.6 is 0 Å². The molecule has 0 aliphatic heterocycles. The first-order chi connectivity index (χ1) is 9.28. The van der Waals surface area contributed by atoms with Crippen LogP contribution in [0.2, 0.25) is 19.1 Å². The highest BCUT2D eigenvalue weighted by molar-refractivity contribution is 6.71. The summed E-state index contributed by atoms with van der Waals surface area (Å²) in [5.41, 5.74) is -0.345. The van der Waals surface area contributed by atoms with Gasteiger partial charge >= 0.3 is 0 Å². The van der Waals surface area contributed by atoms with Crippen LogP contribution in [0.25, 0.3) is 0 Å². The summed E-state index contributed by atoms with van der Waals surface area (Å²) in [6.07, 6.45) is 1.05. The van der Waals surface area contributed by atoms with Crippen LogP contribution in [0.3, 0.4) is 0 Å². The highest BCUT2D eigenvalue weighted by Crippen LogP contribution is 2.22. The van der Waals surface area contributed by atoms with Crippen LogP contribution in [-0.2, 0) is 11.0 Å². The first-order valence-corrected chi connectivity index (χ1v) is 9.23. The Morgan fingerprint density at radius 1 is 1.15 bits per heavy atom. The van der Waals surface area contributed by atoms with E-state index in [1.54, 1.807) is 0 Å². The van der Waals surface area contributed by atoms with Crippen molar-refractivity contribution >= 4 is 8.32 Å². The Morgan fingerprint density at radius 3 is 2.40 bits per heavy atom. The highest BCUT2D eigenvalue weighted by Gasteiger charge is 2.24. The second-order valence-electron chi connectivity index (χ2n) is 5.02. The third-order valence-electron chi connectivity index (χ3n) is 2.86. The van der Waals surface area contributed by atoms with E-state index < -0.39 is 31.6 Å². The van der Waals surface area contributed by atoms with E-state index in [9.17, 15) is 17.6 Å². The average molecular weight is 305 g/mol. The molecule has 2 nitrogen and oxygen atoms in total. The molecule has 0 amide bonds. The van der Waals surface area contributed by atoms with Crippen LogP contribution in [0.5, 0.6) is 0 Å². The van der Waals surface area contributed by atoms with E-state index in [0.29, 0.717) is 25.0 Å². The maximum atomic E-state index is 13.4. The van der Waals surface area contributed by atoms with E-state index in [1.807, 2.05) is 19.2 Å². The molecule has 0 saturated carbocycles. The summed E-state index contributed by atoms with van der Waals surface area (Å²) in [6.45, 7) is 3.41. The summed E-state index contributed by atoms with van der Waals surface area (Å²) >= 11 is 0. The molecule has 0 unspecified atom stereocenters. The molecule has 20 heavy (non-hydrogen) atoms. The summed E-state index contributed by atoms with van der Waals surface area (Å²) in [4.78, 5) is 0. The van der Waals surface area contributed by atoms with E-state index in [0.717, 1.165) is 0 Å². The third-order valence-corrected chi connectivity index (χ3v) is 5.35. The molecule has 7 heteroatoms. The van der Waals surface area contributed by atoms with Gasteiger partial charge in [-0.3, -0.25) is 0 Å². The molecule has 0 bridgehead atoms. The van der Waals surface area contributed by atoms with Crippen molar-refractivity contribution in [3.05, 3.63) is 34.9 Å². The number of benzene rings is 1. The van der Waals surface area contributed by atoms with Crippen molar-refractivity contribution in [2.24, 2.45) is 0 Å². The van der Waals surface area contributed by atoms with E-state index >= 15 is 0 Å². The predicted molar refractivity (Wildman–Crippen MR) is 68.2 cm³/mol. The summed E-state index contributed by atoms with van der Waals surface area (Å²) in [5, 5.41) is 8.45. The Labute approximate surface area is 116 Å². The van der Waals surface area contributed by atoms with Gasteiger partial charge in [0.15, 0.2) is 31.6 Å². The zero-order valence-corrected chi connectivity index (χ0v) is 12.3. The lowest BCUT2D eigenvalue weighted by Gasteiger charge is -2.22. The van der Waals surface area contributed by atoms with Gasteiger partial charge in [-0.25, -0.2) is 17.6 Å². The molecule has 0 aromatic heterocycles. The number of nitriles is 1. The van der Waals surface area contributed by atoms with Crippen molar-refractivity contribution in [3.8, 4) is 6.07 Å². The molecule has 0 spiro atoms. The van der Waals surface area contributed by atoms with Crippen molar-refractivity contribution in [2.45, 2.75) is 38.6 Å². The van der Waals surface area contributed by atoms with Gasteiger partial charge in [0.05, 0.1) is 12.7 Å². The van der Waals surface area contributed by atoms with Crippen molar-refractivity contribution in [2.75, 3.05) is 0 Å². The molecule has 0 N–H and O–H groups in total. The summed E-state index contributed by atoms with van der Waals surface area (Å²) in [7, 11) is -2.15. The Morgan fingerprint density at radius 2 is 1.80 bits per heavy atom. The second-order valence-corrected chi connectivity index (χ2v) is 9.33. The first-order valence-electron chi connectivity index (χ1n) is 6.11. The first kappa shape index (κ1) is 16.7. The van der Waals surface area contributed by atoms with Crippen LogP contribution in [0.15, 0.2) is 6.07 Å². The van der Waals surface area contributed by atoms with Gasteiger partial charge in [0, 0.05) is 12.0 Å². The van der Waals surface area contributed by atoms with E-state index in [-0.39, 0.29) is 12.2 Å². The van der Waals surface area contributed by atoms with Gasteiger partial charge in [-0.15, -0.1) is 0 Å². The normalized spacial score (nSPS) is 11.4. The quantitative estimate of drug-likeness (QED) is 0.258. The molecule has 0 heterocycles. The maximum Gasteiger partial charge on any atom is 0.197 e. The molecule has 0 aliphatic rings. The minimum absolute atomic E-state index is 0.314. The second kappa shape index (κ2) is 6.86. The van der Waals surface area contributed by atoms with Gasteiger partial charge in [-0.05, 0) is 31.6 Å². The van der Waals surface area contributed by atoms with E-state index in [4.69, 9.17) is 9.69 Å². The lowest BCUT2D eigenvalue weighted by atomic mass is 10.2. The Balaban J connectivity index is 2.73. The Bertz CT molecular complexity index is 528. The SMILES string of the molecule is C[Si](C)(CCCC#N)OCc1cc(F)c(F)c(F)c1F. The molecule has 1 aromatic carbocycles. The van der Waals surface area contributed by atoms with Crippen LogP contribution in [0.4, 0.5) is 17.6 Å². The minimum atomic E-state index is -2.15. The van der Waals surface area contributed by atoms with Gasteiger partial charge in [-0.2, -0.15) is 5.26 Å². The molecule has 0 fully saturated rings. The fraction of sp³-hybridized carbons (Fsp3) is 0.462. The Kier molecular flexibility index (Phi) is 5.71. The van der Waals surface area contributed by atoms with Crippen LogP contribution in [0.1, 0.15) is 18.4 Å². The third kappa shape index (κ3) is 4.32. The lowest BCUT2D eigenvalue weighted by molar-refractivity contribution is 0.281. The molecule has 1 aromatic rings. The van der Waals surface area contributed by atoms with Crippen LogP contribution < -0.4 is 0 Å². The molecule has 1 rings (SSSR count). The average Bonchev–Trinajstić information content (AvgIpc) is 2.39. The van der Waals surface area contributed by atoms with E-state index in [1.165, 1.54) is 0 Å². The summed E-state index contributed by atoms with van der Waals surface area (Å²) in [5.74, 6) is -6.51. The topological polar surface area (TPSA) is 33.0 Å². The summed E-state index contributed by atoms with van der Waals surface area (Å²) in [6, 6.07) is 3.29. The van der Waals surface area contributed by atoms with Crippen LogP contribution in [0, 0.1) is 34.6 Å². The smallest absolute Gasteiger partial charge is 0.197 e. The largest absolute Gasteiger partial charge is 0.413 e. The molecule has 110 valence electrons. The van der Waals surface area contributed by atoms with E-state index in [2.05, 4.69) is 0 Å². The van der Waals surface area contributed by atoms with Gasteiger partial charge < -0.3 is 4.43 Å². The van der Waals surface area contributed by atoms with Crippen molar-refractivity contribution in [1.82, 2.24) is 0 Å². The van der Waals surface area contributed by atoms with Crippen molar-refractivity contribution < 1.29 is 22.0 Å². The maximum absolute atomic E-state index is 13.4. The fourth-order valence-corrected chi connectivity index (χ4v) is 3.38. The zero-order valence-electron chi connectivity index (χ0n) is 11.3. The number of hydrogen-bond acceptors (Lipinski definition) is 2. The van der Waals surface area contributed by atoms with Gasteiger partial charge in [0.2, 0.25) is 0 Å². The lowest BCUT2D eigenvalue weighted by Crippen LogP contribution is -2.30. The van der Waals surface area contributed by atoms with Crippen molar-refractivity contribution in [3.63, 3.8) is 0 Å². The number of hydrogen-bond donors (Lipinski definition) is 0. The highest BCUT2D eigenvalue weighted by atomic mass is 28.4. The van der Waals surface area contributed by atoms with Crippen LogP contribution in [-0.4, -0.2) is 8.32 Å². The fourth-order valence-electron chi connectivity index (χ4n) is 1.67. The van der Waals surface area contributed by atoms with Gasteiger partial charge in [-0.1, -0.05) is 0 Å². The molecule has 0 saturated heterocycles. The number of halogens is 4. The number of rotatable bonds is 6. The minimum Gasteiger partial charge on any atom is -0.413 e. The number of nitrogens with zero attached hydrogens (tertiary/aromatic N) is 1. The zero-order chi connectivity index (χ0) is 15.3. The predicted octanol–water partition coefficient (Wildman–Crippen LogP) is 4.27. The van der Waals surface area contributed by atoms with Gasteiger partial charge in [0.25, 0.3) is 0 Å². The monoisotopic (exact) mass is 305 g/mol. The molecule has 0 aliphatic carbocycles.